The predicted octanol–water partition coefficient (Wildman–Crippen LogP) is 3.78. The van der Waals surface area contributed by atoms with Gasteiger partial charge in [0.25, 0.3) is 0 Å². The molecule has 0 amide bonds. The van der Waals surface area contributed by atoms with E-state index in [0.717, 1.165) is 56.8 Å². The fourth-order valence-corrected chi connectivity index (χ4v) is 3.77. The van der Waals surface area contributed by atoms with Gasteiger partial charge < -0.3 is 20.1 Å². The van der Waals surface area contributed by atoms with Crippen molar-refractivity contribution >= 4 is 11.4 Å². The molecule has 4 heteroatoms. The molecule has 0 spiro atoms. The van der Waals surface area contributed by atoms with Crippen LogP contribution >= 0.6 is 0 Å². The van der Waals surface area contributed by atoms with E-state index in [2.05, 4.69) is 41.3 Å². The Labute approximate surface area is 149 Å². The lowest BCUT2D eigenvalue weighted by atomic mass is 9.99. The third kappa shape index (κ3) is 3.74. The van der Waals surface area contributed by atoms with Gasteiger partial charge in [0, 0.05) is 31.1 Å². The molecule has 2 aromatic carbocycles. The molecule has 132 valence electrons. The monoisotopic (exact) mass is 338 g/mol. The topological polar surface area (TPSA) is 47.7 Å². The molecule has 0 bridgehead atoms. The molecular formula is C21H26N2O2. The van der Waals surface area contributed by atoms with Crippen molar-refractivity contribution in [3.63, 3.8) is 0 Å². The lowest BCUT2D eigenvalue weighted by molar-refractivity contribution is 0.0679. The number of nitrogens with two attached hydrogens (primary N) is 1. The highest BCUT2D eigenvalue weighted by atomic mass is 16.5. The molecule has 4 nitrogen and oxygen atoms in total. The summed E-state index contributed by atoms with van der Waals surface area (Å²) in [6.07, 6.45) is 4.75. The lowest BCUT2D eigenvalue weighted by Crippen LogP contribution is -2.29. The molecule has 2 aliphatic heterocycles. The molecule has 4 rings (SSSR count). The van der Waals surface area contributed by atoms with Crippen molar-refractivity contribution in [1.29, 1.82) is 0 Å². The van der Waals surface area contributed by atoms with Gasteiger partial charge in [0.05, 0.1) is 6.10 Å². The minimum absolute atomic E-state index is 0.259. The highest BCUT2D eigenvalue weighted by molar-refractivity contribution is 5.66. The average molecular weight is 338 g/mol. The Kier molecular flexibility index (Phi) is 4.79. The Morgan fingerprint density at radius 2 is 2.00 bits per heavy atom. The maximum absolute atomic E-state index is 6.15. The van der Waals surface area contributed by atoms with Crippen LogP contribution in [0.2, 0.25) is 0 Å². The second kappa shape index (κ2) is 7.36. The molecule has 0 radical (unpaired) electrons. The molecule has 2 heterocycles. The largest absolute Gasteiger partial charge is 0.491 e. The molecule has 25 heavy (non-hydrogen) atoms. The van der Waals surface area contributed by atoms with Gasteiger partial charge >= 0.3 is 0 Å². The molecule has 1 unspecified atom stereocenters. The van der Waals surface area contributed by atoms with Gasteiger partial charge in [0.1, 0.15) is 12.4 Å². The number of hydrogen-bond donors (Lipinski definition) is 1. The smallest absolute Gasteiger partial charge is 0.119 e. The van der Waals surface area contributed by atoms with Crippen molar-refractivity contribution < 1.29 is 9.47 Å². The first-order valence-electron chi connectivity index (χ1n) is 9.25. The summed E-state index contributed by atoms with van der Waals surface area (Å²) in [6.45, 7) is 3.50. The summed E-state index contributed by atoms with van der Waals surface area (Å²) in [5.74, 6) is 0.919. The zero-order chi connectivity index (χ0) is 17.1. The van der Waals surface area contributed by atoms with E-state index in [0.29, 0.717) is 6.61 Å². The van der Waals surface area contributed by atoms with Crippen LogP contribution in [0.25, 0.3) is 0 Å². The number of benzene rings is 2. The van der Waals surface area contributed by atoms with Crippen LogP contribution in [-0.2, 0) is 17.7 Å². The quantitative estimate of drug-likeness (QED) is 0.843. The van der Waals surface area contributed by atoms with Gasteiger partial charge in [0.2, 0.25) is 0 Å². The third-order valence-corrected chi connectivity index (χ3v) is 5.14. The summed E-state index contributed by atoms with van der Waals surface area (Å²) in [4.78, 5) is 2.43. The summed E-state index contributed by atoms with van der Waals surface area (Å²) in [5.41, 5.74) is 10.9. The van der Waals surface area contributed by atoms with E-state index in [1.165, 1.54) is 16.8 Å². The molecule has 0 saturated carbocycles. The van der Waals surface area contributed by atoms with E-state index < -0.39 is 0 Å². The Bertz CT molecular complexity index is 708. The summed E-state index contributed by atoms with van der Waals surface area (Å²) >= 11 is 0. The number of ether oxygens (including phenoxy) is 2. The fourth-order valence-electron chi connectivity index (χ4n) is 3.77. The second-order valence-electron chi connectivity index (χ2n) is 6.96. The van der Waals surface area contributed by atoms with E-state index in [1.54, 1.807) is 0 Å². The van der Waals surface area contributed by atoms with Crippen LogP contribution in [0.5, 0.6) is 5.75 Å². The number of rotatable bonds is 5. The van der Waals surface area contributed by atoms with Gasteiger partial charge in [-0.15, -0.1) is 0 Å². The van der Waals surface area contributed by atoms with Crippen molar-refractivity contribution in [3.8, 4) is 5.75 Å². The first-order chi connectivity index (χ1) is 12.3. The first-order valence-corrected chi connectivity index (χ1v) is 9.25. The van der Waals surface area contributed by atoms with E-state index >= 15 is 0 Å². The molecule has 1 atom stereocenters. The molecule has 2 aliphatic rings. The van der Waals surface area contributed by atoms with Gasteiger partial charge in [-0.25, -0.2) is 0 Å². The maximum atomic E-state index is 6.15. The SMILES string of the molecule is Nc1cccc2c1CCCN2Cc1ccc(OCC2CCCO2)cc1. The van der Waals surface area contributed by atoms with Crippen LogP contribution < -0.4 is 15.4 Å². The summed E-state index contributed by atoms with van der Waals surface area (Å²) in [5, 5.41) is 0. The average Bonchev–Trinajstić information content (AvgIpc) is 3.16. The molecular weight excluding hydrogens is 312 g/mol. The van der Waals surface area contributed by atoms with E-state index in [-0.39, 0.29) is 6.10 Å². The number of nitrogen functional groups attached to an aromatic ring is 1. The van der Waals surface area contributed by atoms with Crippen molar-refractivity contribution in [2.75, 3.05) is 30.4 Å². The molecule has 2 aromatic rings. The Morgan fingerprint density at radius 3 is 2.80 bits per heavy atom. The molecule has 1 fully saturated rings. The first kappa shape index (κ1) is 16.3. The number of nitrogens with zero attached hydrogens (tertiary/aromatic N) is 1. The van der Waals surface area contributed by atoms with Gasteiger partial charge in [-0.3, -0.25) is 0 Å². The summed E-state index contributed by atoms with van der Waals surface area (Å²) in [7, 11) is 0. The van der Waals surface area contributed by atoms with Gasteiger partial charge in [0.15, 0.2) is 0 Å². The lowest BCUT2D eigenvalue weighted by Gasteiger charge is -2.32. The fraction of sp³-hybridized carbons (Fsp3) is 0.429. The normalized spacial score (nSPS) is 19.7. The third-order valence-electron chi connectivity index (χ3n) is 5.14. The highest BCUT2D eigenvalue weighted by Gasteiger charge is 2.19. The molecule has 1 saturated heterocycles. The van der Waals surface area contributed by atoms with E-state index in [1.807, 2.05) is 6.07 Å². The minimum atomic E-state index is 0.259. The van der Waals surface area contributed by atoms with E-state index in [9.17, 15) is 0 Å². The van der Waals surface area contributed by atoms with Crippen LogP contribution in [0.3, 0.4) is 0 Å². The number of anilines is 2. The zero-order valence-corrected chi connectivity index (χ0v) is 14.6. The van der Waals surface area contributed by atoms with Gasteiger partial charge in [-0.05, 0) is 61.1 Å². The minimum Gasteiger partial charge on any atom is -0.491 e. The van der Waals surface area contributed by atoms with Crippen molar-refractivity contribution in [2.45, 2.75) is 38.3 Å². The van der Waals surface area contributed by atoms with Crippen LogP contribution in [-0.4, -0.2) is 25.9 Å². The Hall–Kier alpha value is -2.20. The van der Waals surface area contributed by atoms with Crippen LogP contribution in [0.4, 0.5) is 11.4 Å². The van der Waals surface area contributed by atoms with Gasteiger partial charge in [-0.2, -0.15) is 0 Å². The van der Waals surface area contributed by atoms with Crippen molar-refractivity contribution in [1.82, 2.24) is 0 Å². The highest BCUT2D eigenvalue weighted by Crippen LogP contribution is 2.32. The molecule has 0 aromatic heterocycles. The van der Waals surface area contributed by atoms with Gasteiger partial charge in [-0.1, -0.05) is 18.2 Å². The predicted molar refractivity (Wildman–Crippen MR) is 101 cm³/mol. The van der Waals surface area contributed by atoms with Crippen LogP contribution in [0.1, 0.15) is 30.4 Å². The van der Waals surface area contributed by atoms with Crippen LogP contribution in [0, 0.1) is 0 Å². The molecule has 0 aliphatic carbocycles. The zero-order valence-electron chi connectivity index (χ0n) is 14.6. The number of hydrogen-bond acceptors (Lipinski definition) is 4. The summed E-state index contributed by atoms with van der Waals surface area (Å²) < 4.78 is 11.5. The van der Waals surface area contributed by atoms with E-state index in [4.69, 9.17) is 15.2 Å². The Balaban J connectivity index is 1.39. The summed E-state index contributed by atoms with van der Waals surface area (Å²) in [6, 6.07) is 14.7. The Morgan fingerprint density at radius 1 is 1.12 bits per heavy atom. The van der Waals surface area contributed by atoms with Crippen molar-refractivity contribution in [2.24, 2.45) is 0 Å². The second-order valence-corrected chi connectivity index (χ2v) is 6.96. The molecule has 2 N–H and O–H groups in total. The van der Waals surface area contributed by atoms with Crippen molar-refractivity contribution in [3.05, 3.63) is 53.6 Å². The maximum Gasteiger partial charge on any atom is 0.119 e. The number of fused-ring (bicyclic) bond motifs is 1. The standard InChI is InChI=1S/C21H26N2O2/c22-20-6-1-7-21-19(20)5-2-12-23(21)14-16-8-10-17(11-9-16)25-15-18-4-3-13-24-18/h1,6-11,18H,2-5,12-15,22H2. The van der Waals surface area contributed by atoms with Crippen LogP contribution in [0.15, 0.2) is 42.5 Å².